The van der Waals surface area contributed by atoms with Gasteiger partial charge in [-0.15, -0.1) is 0 Å². The first-order valence-electron chi connectivity index (χ1n) is 6.97. The van der Waals surface area contributed by atoms with E-state index in [-0.39, 0.29) is 0 Å². The van der Waals surface area contributed by atoms with Gasteiger partial charge in [0.05, 0.1) is 0 Å². The van der Waals surface area contributed by atoms with Gasteiger partial charge in [-0.1, -0.05) is 78.9 Å². The average Bonchev–Trinajstić information content (AvgIpc) is 2.50. The molecule has 97 valence electrons. The van der Waals surface area contributed by atoms with Crippen molar-refractivity contribution in [3.63, 3.8) is 0 Å². The molecule has 0 saturated carbocycles. The number of hydrogen-bond acceptors (Lipinski definition) is 0. The molecule has 3 aromatic carbocycles. The summed E-state index contributed by atoms with van der Waals surface area (Å²) in [7, 11) is 0. The molecule has 0 spiro atoms. The standard InChI is InChI=1S/C20H17/c1-3-8-17(9-4-1)14-19-12-7-13-20(16-19)15-18-10-5-2-6-11-18/h1-6,8-13,16H,14-15H2. The van der Waals surface area contributed by atoms with Crippen molar-refractivity contribution in [3.05, 3.63) is 107 Å². The first kappa shape index (κ1) is 12.7. The molecule has 0 amide bonds. The molecule has 0 heterocycles. The molecule has 0 atom stereocenters. The molecule has 1 radical (unpaired) electrons. The fourth-order valence-electron chi connectivity index (χ4n) is 2.44. The largest absolute Gasteiger partial charge is 0.0622 e. The number of rotatable bonds is 4. The second-order valence-corrected chi connectivity index (χ2v) is 5.07. The normalized spacial score (nSPS) is 10.4. The van der Waals surface area contributed by atoms with Crippen LogP contribution in [0, 0.1) is 6.07 Å². The van der Waals surface area contributed by atoms with E-state index in [0.717, 1.165) is 12.8 Å². The highest BCUT2D eigenvalue weighted by atomic mass is 14.0. The Morgan fingerprint density at radius 3 is 1.45 bits per heavy atom. The van der Waals surface area contributed by atoms with Crippen molar-refractivity contribution in [3.8, 4) is 0 Å². The van der Waals surface area contributed by atoms with E-state index in [1.54, 1.807) is 0 Å². The Hall–Kier alpha value is -2.34. The van der Waals surface area contributed by atoms with Crippen LogP contribution in [0.2, 0.25) is 0 Å². The highest BCUT2D eigenvalue weighted by Crippen LogP contribution is 2.14. The van der Waals surface area contributed by atoms with Gasteiger partial charge in [-0.05, 0) is 41.2 Å². The van der Waals surface area contributed by atoms with E-state index in [0.29, 0.717) is 0 Å². The second-order valence-electron chi connectivity index (χ2n) is 5.07. The summed E-state index contributed by atoms with van der Waals surface area (Å²) in [6.45, 7) is 0. The lowest BCUT2D eigenvalue weighted by Gasteiger charge is -2.06. The summed E-state index contributed by atoms with van der Waals surface area (Å²) in [5.74, 6) is 0. The van der Waals surface area contributed by atoms with E-state index in [1.807, 2.05) is 0 Å². The quantitative estimate of drug-likeness (QED) is 0.637. The van der Waals surface area contributed by atoms with Crippen LogP contribution in [0.5, 0.6) is 0 Å². The number of benzene rings is 3. The smallest absolute Gasteiger partial charge is 0.00255 e. The molecule has 0 aromatic heterocycles. The van der Waals surface area contributed by atoms with E-state index < -0.39 is 0 Å². The molecule has 0 N–H and O–H groups in total. The first-order valence-corrected chi connectivity index (χ1v) is 6.97. The summed E-state index contributed by atoms with van der Waals surface area (Å²) in [5, 5.41) is 0. The molecule has 3 rings (SSSR count). The average molecular weight is 257 g/mol. The third-order valence-electron chi connectivity index (χ3n) is 3.41. The zero-order valence-electron chi connectivity index (χ0n) is 11.4. The van der Waals surface area contributed by atoms with Crippen LogP contribution in [0.3, 0.4) is 0 Å². The van der Waals surface area contributed by atoms with Gasteiger partial charge in [0.15, 0.2) is 0 Å². The lowest BCUT2D eigenvalue weighted by molar-refractivity contribution is 1.14. The van der Waals surface area contributed by atoms with E-state index in [4.69, 9.17) is 0 Å². The minimum Gasteiger partial charge on any atom is -0.0622 e. The molecule has 0 saturated heterocycles. The van der Waals surface area contributed by atoms with Crippen molar-refractivity contribution in [1.82, 2.24) is 0 Å². The summed E-state index contributed by atoms with van der Waals surface area (Å²) in [6.07, 6.45) is 1.94. The molecule has 3 aromatic rings. The first-order chi connectivity index (χ1) is 9.90. The van der Waals surface area contributed by atoms with Crippen LogP contribution in [-0.4, -0.2) is 0 Å². The molecule has 0 bridgehead atoms. The Labute approximate surface area is 120 Å². The van der Waals surface area contributed by atoms with Crippen molar-refractivity contribution in [2.24, 2.45) is 0 Å². The molecule has 0 aliphatic heterocycles. The maximum Gasteiger partial charge on any atom is -0.00255 e. The molecule has 0 aliphatic rings. The summed E-state index contributed by atoms with van der Waals surface area (Å²) < 4.78 is 0. The van der Waals surface area contributed by atoms with Gasteiger partial charge >= 0.3 is 0 Å². The zero-order valence-corrected chi connectivity index (χ0v) is 11.4. The topological polar surface area (TPSA) is 0 Å². The van der Waals surface area contributed by atoms with Crippen LogP contribution in [0.15, 0.2) is 78.9 Å². The summed E-state index contributed by atoms with van der Waals surface area (Å²) >= 11 is 0. The lowest BCUT2D eigenvalue weighted by atomic mass is 9.99. The van der Waals surface area contributed by atoms with E-state index in [1.165, 1.54) is 22.3 Å². The Kier molecular flexibility index (Phi) is 3.93. The molecule has 0 unspecified atom stereocenters. The SMILES string of the molecule is [c]1cc(Cc2ccccc2)cc(Cc2ccccc2)c1. The zero-order chi connectivity index (χ0) is 13.6. The van der Waals surface area contributed by atoms with Crippen molar-refractivity contribution in [2.75, 3.05) is 0 Å². The second kappa shape index (κ2) is 6.21. The summed E-state index contributed by atoms with van der Waals surface area (Å²) in [5.41, 5.74) is 5.34. The van der Waals surface area contributed by atoms with Crippen molar-refractivity contribution in [1.29, 1.82) is 0 Å². The molecular formula is C20H17. The maximum atomic E-state index is 3.27. The monoisotopic (exact) mass is 257 g/mol. The minimum atomic E-state index is 0.972. The van der Waals surface area contributed by atoms with Crippen molar-refractivity contribution in [2.45, 2.75) is 12.8 Å². The molecule has 20 heavy (non-hydrogen) atoms. The van der Waals surface area contributed by atoms with Gasteiger partial charge in [0.2, 0.25) is 0 Å². The lowest BCUT2D eigenvalue weighted by Crippen LogP contribution is -1.92. The van der Waals surface area contributed by atoms with Gasteiger partial charge in [-0.3, -0.25) is 0 Å². The number of hydrogen-bond donors (Lipinski definition) is 0. The van der Waals surface area contributed by atoms with Gasteiger partial charge in [0.25, 0.3) is 0 Å². The van der Waals surface area contributed by atoms with Gasteiger partial charge in [0.1, 0.15) is 0 Å². The molecule has 0 heteroatoms. The predicted molar refractivity (Wildman–Crippen MR) is 83.8 cm³/mol. The third kappa shape index (κ3) is 3.36. The molecule has 0 nitrogen and oxygen atoms in total. The van der Waals surface area contributed by atoms with Crippen LogP contribution in [0.1, 0.15) is 22.3 Å². The molecular weight excluding hydrogens is 240 g/mol. The maximum absolute atomic E-state index is 3.27. The van der Waals surface area contributed by atoms with Crippen molar-refractivity contribution < 1.29 is 0 Å². The van der Waals surface area contributed by atoms with Gasteiger partial charge in [0, 0.05) is 0 Å². The Bertz CT molecular complexity index is 597. The summed E-state index contributed by atoms with van der Waals surface area (Å²) in [6, 6.07) is 30.9. The predicted octanol–water partition coefficient (Wildman–Crippen LogP) is 4.67. The van der Waals surface area contributed by atoms with Crippen LogP contribution < -0.4 is 0 Å². The van der Waals surface area contributed by atoms with Crippen LogP contribution >= 0.6 is 0 Å². The van der Waals surface area contributed by atoms with Gasteiger partial charge < -0.3 is 0 Å². The third-order valence-corrected chi connectivity index (χ3v) is 3.41. The molecule has 0 aliphatic carbocycles. The van der Waals surface area contributed by atoms with Crippen molar-refractivity contribution >= 4 is 0 Å². The van der Waals surface area contributed by atoms with E-state index >= 15 is 0 Å². The van der Waals surface area contributed by atoms with Gasteiger partial charge in [-0.2, -0.15) is 0 Å². The fraction of sp³-hybridized carbons (Fsp3) is 0.100. The fourth-order valence-corrected chi connectivity index (χ4v) is 2.44. The van der Waals surface area contributed by atoms with Crippen LogP contribution in [0.4, 0.5) is 0 Å². The van der Waals surface area contributed by atoms with Crippen LogP contribution in [-0.2, 0) is 12.8 Å². The van der Waals surface area contributed by atoms with E-state index in [9.17, 15) is 0 Å². The highest BCUT2D eigenvalue weighted by molar-refractivity contribution is 5.32. The Balaban J connectivity index is 1.76. The highest BCUT2D eigenvalue weighted by Gasteiger charge is 2.00. The van der Waals surface area contributed by atoms with Crippen LogP contribution in [0.25, 0.3) is 0 Å². The van der Waals surface area contributed by atoms with E-state index in [2.05, 4.69) is 84.9 Å². The minimum absolute atomic E-state index is 0.972. The summed E-state index contributed by atoms with van der Waals surface area (Å²) in [4.78, 5) is 0. The Morgan fingerprint density at radius 2 is 1.00 bits per heavy atom. The van der Waals surface area contributed by atoms with Gasteiger partial charge in [-0.25, -0.2) is 0 Å². The Morgan fingerprint density at radius 1 is 0.550 bits per heavy atom. The molecule has 0 fully saturated rings.